The first-order valence-corrected chi connectivity index (χ1v) is 12.7. The molecular formula is C29H30IN3O2. The highest BCUT2D eigenvalue weighted by Gasteiger charge is 2.14. The van der Waals surface area contributed by atoms with Crippen LogP contribution in [0.15, 0.2) is 66.2 Å². The van der Waals surface area contributed by atoms with Gasteiger partial charge in [0.15, 0.2) is 0 Å². The Bertz CT molecular complexity index is 1260. The maximum absolute atomic E-state index is 12.9. The lowest BCUT2D eigenvalue weighted by atomic mass is 10.1. The van der Waals surface area contributed by atoms with Gasteiger partial charge in [-0.05, 0) is 109 Å². The first-order valence-electron chi connectivity index (χ1n) is 11.6. The Morgan fingerprint density at radius 3 is 2.37 bits per heavy atom. The van der Waals surface area contributed by atoms with Crippen molar-refractivity contribution in [1.82, 2.24) is 0 Å². The molecule has 1 N–H and O–H groups in total. The van der Waals surface area contributed by atoms with E-state index < -0.39 is 5.91 Å². The monoisotopic (exact) mass is 579 g/mol. The van der Waals surface area contributed by atoms with Gasteiger partial charge in [-0.15, -0.1) is 0 Å². The largest absolute Gasteiger partial charge is 0.488 e. The van der Waals surface area contributed by atoms with Crippen LogP contribution in [0.1, 0.15) is 36.1 Å². The Balaban J connectivity index is 1.91. The van der Waals surface area contributed by atoms with Crippen molar-refractivity contribution in [3.63, 3.8) is 0 Å². The number of halogens is 1. The highest BCUT2D eigenvalue weighted by atomic mass is 127. The fourth-order valence-corrected chi connectivity index (χ4v) is 3.98. The van der Waals surface area contributed by atoms with Crippen molar-refractivity contribution in [1.29, 1.82) is 5.26 Å². The van der Waals surface area contributed by atoms with Crippen LogP contribution < -0.4 is 15.0 Å². The first kappa shape index (κ1) is 26.3. The van der Waals surface area contributed by atoms with Gasteiger partial charge in [0.1, 0.15) is 24.0 Å². The molecule has 0 spiro atoms. The molecule has 0 saturated carbocycles. The highest BCUT2D eigenvalue weighted by Crippen LogP contribution is 2.29. The number of nitrogens with one attached hydrogen (secondary N) is 1. The number of amides is 1. The lowest BCUT2D eigenvalue weighted by molar-refractivity contribution is -0.112. The van der Waals surface area contributed by atoms with Crippen molar-refractivity contribution < 1.29 is 9.53 Å². The van der Waals surface area contributed by atoms with Gasteiger partial charge < -0.3 is 15.0 Å². The predicted octanol–water partition coefficient (Wildman–Crippen LogP) is 6.88. The summed E-state index contributed by atoms with van der Waals surface area (Å²) < 4.78 is 7.36. The zero-order chi connectivity index (χ0) is 25.4. The molecule has 35 heavy (non-hydrogen) atoms. The molecule has 0 aliphatic carbocycles. The number of nitriles is 1. The number of nitrogens with zero attached hydrogens (tertiary/aromatic N) is 2. The number of hydrogen-bond donors (Lipinski definition) is 1. The number of carbonyl (C=O) groups is 1. The fourth-order valence-electron chi connectivity index (χ4n) is 3.62. The third-order valence-corrected chi connectivity index (χ3v) is 6.58. The summed E-state index contributed by atoms with van der Waals surface area (Å²) >= 11 is 2.27. The molecule has 0 heterocycles. The van der Waals surface area contributed by atoms with Gasteiger partial charge in [-0.3, -0.25) is 4.79 Å². The number of carbonyl (C=O) groups excluding carboxylic acids is 1. The molecule has 0 aliphatic heterocycles. The minimum absolute atomic E-state index is 0.0120. The van der Waals surface area contributed by atoms with Crippen molar-refractivity contribution in [3.8, 4) is 11.8 Å². The van der Waals surface area contributed by atoms with Crippen LogP contribution in [0.4, 0.5) is 11.4 Å². The van der Waals surface area contributed by atoms with Crippen molar-refractivity contribution in [2.45, 2.75) is 34.3 Å². The Morgan fingerprint density at radius 2 is 1.74 bits per heavy atom. The smallest absolute Gasteiger partial charge is 0.266 e. The van der Waals surface area contributed by atoms with Crippen molar-refractivity contribution in [2.24, 2.45) is 0 Å². The van der Waals surface area contributed by atoms with Gasteiger partial charge in [0.25, 0.3) is 5.91 Å². The van der Waals surface area contributed by atoms with Crippen LogP contribution in [0, 0.1) is 28.7 Å². The average Bonchev–Trinajstić information content (AvgIpc) is 2.86. The minimum atomic E-state index is -0.452. The summed E-state index contributed by atoms with van der Waals surface area (Å²) in [5.41, 5.74) is 5.64. The van der Waals surface area contributed by atoms with E-state index in [1.165, 1.54) is 0 Å². The van der Waals surface area contributed by atoms with Gasteiger partial charge >= 0.3 is 0 Å². The Labute approximate surface area is 221 Å². The molecule has 0 aliphatic rings. The molecule has 0 radical (unpaired) electrons. The van der Waals surface area contributed by atoms with E-state index in [9.17, 15) is 10.1 Å². The molecular weight excluding hydrogens is 549 g/mol. The van der Waals surface area contributed by atoms with Gasteiger partial charge in [0.2, 0.25) is 0 Å². The average molecular weight is 579 g/mol. The molecule has 6 heteroatoms. The molecule has 0 saturated heterocycles. The van der Waals surface area contributed by atoms with E-state index in [4.69, 9.17) is 4.74 Å². The molecule has 0 atom stereocenters. The Morgan fingerprint density at radius 1 is 1.03 bits per heavy atom. The van der Waals surface area contributed by atoms with Gasteiger partial charge in [-0.2, -0.15) is 5.26 Å². The lowest BCUT2D eigenvalue weighted by Gasteiger charge is -2.22. The summed E-state index contributed by atoms with van der Waals surface area (Å²) in [6.45, 7) is 10.3. The highest BCUT2D eigenvalue weighted by molar-refractivity contribution is 14.1. The molecule has 3 rings (SSSR count). The first-order chi connectivity index (χ1) is 16.8. The summed E-state index contributed by atoms with van der Waals surface area (Å²) in [4.78, 5) is 15.1. The summed E-state index contributed by atoms with van der Waals surface area (Å²) in [7, 11) is 0. The Hall–Kier alpha value is -3.31. The van der Waals surface area contributed by atoms with Crippen molar-refractivity contribution in [3.05, 3.63) is 92.1 Å². The number of hydrogen-bond acceptors (Lipinski definition) is 4. The molecule has 5 nitrogen and oxygen atoms in total. The zero-order valence-corrected chi connectivity index (χ0v) is 22.7. The van der Waals surface area contributed by atoms with E-state index in [1.54, 1.807) is 6.08 Å². The van der Waals surface area contributed by atoms with E-state index in [2.05, 4.69) is 46.7 Å². The lowest BCUT2D eigenvalue weighted by Crippen LogP contribution is -2.21. The van der Waals surface area contributed by atoms with Gasteiger partial charge in [-0.1, -0.05) is 18.2 Å². The molecule has 0 bridgehead atoms. The Kier molecular flexibility index (Phi) is 9.32. The standard InChI is InChI=1S/C29H30IN3O2/c1-5-33(6-2)27-14-10-23(28(17-27)35-19-22-8-11-25(30)12-9-22)16-24(18-31)29(34)32-26-13-7-20(3)21(4)15-26/h7-17H,5-6,19H2,1-4H3,(H,32,34)/b24-16+. The molecule has 3 aromatic carbocycles. The molecule has 3 aromatic rings. The van der Waals surface area contributed by atoms with Crippen LogP contribution in [0.25, 0.3) is 6.08 Å². The number of benzene rings is 3. The van der Waals surface area contributed by atoms with Crippen LogP contribution in [-0.4, -0.2) is 19.0 Å². The number of aryl methyl sites for hydroxylation is 2. The quantitative estimate of drug-likeness (QED) is 0.171. The van der Waals surface area contributed by atoms with Crippen molar-refractivity contribution in [2.75, 3.05) is 23.3 Å². The molecule has 180 valence electrons. The van der Waals surface area contributed by atoms with Crippen molar-refractivity contribution >= 4 is 45.9 Å². The maximum Gasteiger partial charge on any atom is 0.266 e. The van der Waals surface area contributed by atoms with E-state index >= 15 is 0 Å². The summed E-state index contributed by atoms with van der Waals surface area (Å²) in [6, 6.07) is 21.7. The number of rotatable bonds is 9. The minimum Gasteiger partial charge on any atom is -0.488 e. The second kappa shape index (κ2) is 12.4. The third-order valence-electron chi connectivity index (χ3n) is 5.86. The normalized spacial score (nSPS) is 11.0. The molecule has 1 amide bonds. The predicted molar refractivity (Wildman–Crippen MR) is 152 cm³/mol. The van der Waals surface area contributed by atoms with Crippen LogP contribution in [0.2, 0.25) is 0 Å². The van der Waals surface area contributed by atoms with E-state index in [1.807, 2.05) is 80.6 Å². The fraction of sp³-hybridized carbons (Fsp3) is 0.241. The number of ether oxygens (including phenoxy) is 1. The van der Waals surface area contributed by atoms with E-state index in [-0.39, 0.29) is 5.57 Å². The maximum atomic E-state index is 12.9. The van der Waals surface area contributed by atoms with Crippen LogP contribution in [0.5, 0.6) is 5.75 Å². The zero-order valence-electron chi connectivity index (χ0n) is 20.6. The SMILES string of the molecule is CCN(CC)c1ccc(/C=C(\C#N)C(=O)Nc2ccc(C)c(C)c2)c(OCc2ccc(I)cc2)c1. The number of anilines is 2. The summed E-state index contributed by atoms with van der Waals surface area (Å²) in [5.74, 6) is 0.173. The topological polar surface area (TPSA) is 65.4 Å². The second-order valence-electron chi connectivity index (χ2n) is 8.23. The summed E-state index contributed by atoms with van der Waals surface area (Å²) in [5, 5.41) is 12.6. The van der Waals surface area contributed by atoms with Crippen LogP contribution in [-0.2, 0) is 11.4 Å². The molecule has 0 fully saturated rings. The molecule has 0 aromatic heterocycles. The van der Waals surface area contributed by atoms with Gasteiger partial charge in [0.05, 0.1) is 0 Å². The van der Waals surface area contributed by atoms with Crippen LogP contribution >= 0.6 is 22.6 Å². The second-order valence-corrected chi connectivity index (χ2v) is 9.48. The van der Waals surface area contributed by atoms with Gasteiger partial charge in [-0.25, -0.2) is 0 Å². The van der Waals surface area contributed by atoms with Gasteiger partial charge in [0, 0.05) is 39.7 Å². The summed E-state index contributed by atoms with van der Waals surface area (Å²) in [6.07, 6.45) is 1.59. The third kappa shape index (κ3) is 7.09. The van der Waals surface area contributed by atoms with E-state index in [0.29, 0.717) is 23.6 Å². The van der Waals surface area contributed by atoms with E-state index in [0.717, 1.165) is 39.0 Å². The molecule has 0 unspecified atom stereocenters. The van der Waals surface area contributed by atoms with Crippen LogP contribution in [0.3, 0.4) is 0 Å².